The molecule has 0 aliphatic carbocycles. The normalized spacial score (nSPS) is 11.6. The summed E-state index contributed by atoms with van der Waals surface area (Å²) in [6.45, 7) is -0.00750. The van der Waals surface area contributed by atoms with Crippen molar-refractivity contribution in [1.82, 2.24) is 5.32 Å². The highest BCUT2D eigenvalue weighted by atomic mass is 16.6. The fourth-order valence-electron chi connectivity index (χ4n) is 0.935. The summed E-state index contributed by atoms with van der Waals surface area (Å²) in [6, 6.07) is 8.83. The largest absolute Gasteiger partial charge is 0.545 e. The van der Waals surface area contributed by atoms with Crippen molar-refractivity contribution in [2.24, 2.45) is 0 Å². The molecule has 1 aromatic carbocycles. The van der Waals surface area contributed by atoms with Gasteiger partial charge in [-0.15, -0.1) is 0 Å². The molecule has 6 nitrogen and oxygen atoms in total. The lowest BCUT2D eigenvalue weighted by Gasteiger charge is -2.13. The van der Waals surface area contributed by atoms with Gasteiger partial charge in [0.2, 0.25) is 0 Å². The van der Waals surface area contributed by atoms with Gasteiger partial charge in [-0.1, -0.05) is 30.3 Å². The predicted molar refractivity (Wildman–Crippen MR) is 50.8 cm³/mol. The van der Waals surface area contributed by atoms with Crippen molar-refractivity contribution in [3.8, 4) is 0 Å². The molecule has 0 aliphatic rings. The van der Waals surface area contributed by atoms with E-state index < -0.39 is 18.3 Å². The predicted octanol–water partition coefficient (Wildman–Crippen LogP) is -1.02. The summed E-state index contributed by atoms with van der Waals surface area (Å²) in [7, 11) is 0. The molecule has 1 amide bonds. The third-order valence-electron chi connectivity index (χ3n) is 1.69. The maximum absolute atomic E-state index is 10.9. The third-order valence-corrected chi connectivity index (χ3v) is 1.69. The van der Waals surface area contributed by atoms with Crippen LogP contribution in [0.1, 0.15) is 5.56 Å². The highest BCUT2D eigenvalue weighted by molar-refractivity contribution is 5.76. The molecule has 0 spiro atoms. The quantitative estimate of drug-likeness (QED) is 0.638. The summed E-state index contributed by atoms with van der Waals surface area (Å²) in [5, 5.41) is 20.5. The molecule has 0 bridgehead atoms. The van der Waals surface area contributed by atoms with Gasteiger partial charge >= 0.3 is 6.09 Å². The lowest BCUT2D eigenvalue weighted by atomic mass is 10.2. The molecule has 1 rings (SSSR count). The third kappa shape index (κ3) is 3.97. The summed E-state index contributed by atoms with van der Waals surface area (Å²) in [5.41, 5.74) is 0.751. The molecule has 86 valence electrons. The number of benzene rings is 1. The number of carbonyl (C=O) groups is 2. The van der Waals surface area contributed by atoms with E-state index in [9.17, 15) is 14.7 Å². The van der Waals surface area contributed by atoms with Crippen LogP contribution in [0.25, 0.3) is 0 Å². The van der Waals surface area contributed by atoms with Gasteiger partial charge in [0.15, 0.2) is 6.23 Å². The highest BCUT2D eigenvalue weighted by Crippen LogP contribution is 2.00. The molecule has 6 heteroatoms. The highest BCUT2D eigenvalue weighted by Gasteiger charge is 2.09. The van der Waals surface area contributed by atoms with E-state index in [4.69, 9.17) is 5.11 Å². The Balaban J connectivity index is 2.33. The Morgan fingerprint density at radius 2 is 2.00 bits per heavy atom. The summed E-state index contributed by atoms with van der Waals surface area (Å²) in [5.74, 6) is -1.79. The number of ether oxygens (including phenoxy) is 1. The van der Waals surface area contributed by atoms with E-state index in [1.54, 1.807) is 29.6 Å². The first-order chi connectivity index (χ1) is 7.59. The number of alkyl carbamates (subject to hydrolysis) is 1. The second kappa shape index (κ2) is 5.72. The van der Waals surface area contributed by atoms with Gasteiger partial charge in [0.25, 0.3) is 0 Å². The minimum atomic E-state index is -2.07. The van der Waals surface area contributed by atoms with Crippen molar-refractivity contribution in [1.29, 1.82) is 0 Å². The molecule has 16 heavy (non-hydrogen) atoms. The number of aliphatic hydroxyl groups excluding tert-OH is 1. The molecule has 0 aliphatic heterocycles. The second-order valence-electron chi connectivity index (χ2n) is 2.93. The monoisotopic (exact) mass is 224 g/mol. The Morgan fingerprint density at radius 1 is 1.38 bits per heavy atom. The van der Waals surface area contributed by atoms with Crippen LogP contribution in [0.2, 0.25) is 0 Å². The first-order valence-corrected chi connectivity index (χ1v) is 4.45. The average Bonchev–Trinajstić information content (AvgIpc) is 2.27. The fraction of sp³-hybridized carbons (Fsp3) is 0.200. The van der Waals surface area contributed by atoms with E-state index in [1.165, 1.54) is 0 Å². The molecule has 0 heterocycles. The van der Waals surface area contributed by atoms with Gasteiger partial charge in [-0.05, 0) is 5.56 Å². The van der Waals surface area contributed by atoms with E-state index in [1.807, 2.05) is 6.07 Å². The number of carboxylic acid groups (broad SMARTS) is 1. The number of aliphatic hydroxyl groups is 1. The Hall–Kier alpha value is -2.08. The maximum atomic E-state index is 10.9. The minimum absolute atomic E-state index is 0.00750. The zero-order valence-corrected chi connectivity index (χ0v) is 8.25. The Bertz CT molecular complexity index is 365. The van der Waals surface area contributed by atoms with Crippen LogP contribution in [0.4, 0.5) is 4.79 Å². The van der Waals surface area contributed by atoms with Crippen LogP contribution in [0, 0.1) is 0 Å². The Morgan fingerprint density at radius 3 is 2.56 bits per heavy atom. The maximum Gasteiger partial charge on any atom is 0.409 e. The molecule has 0 fully saturated rings. The zero-order chi connectivity index (χ0) is 12.0. The molecule has 0 unspecified atom stereocenters. The van der Waals surface area contributed by atoms with Crippen LogP contribution >= 0.6 is 0 Å². The zero-order valence-electron chi connectivity index (χ0n) is 8.25. The van der Waals surface area contributed by atoms with Gasteiger partial charge in [-0.25, -0.2) is 4.79 Å². The number of amides is 1. The summed E-state index contributed by atoms with van der Waals surface area (Å²) in [6.07, 6.45) is -3.09. The van der Waals surface area contributed by atoms with Crippen molar-refractivity contribution in [3.63, 3.8) is 0 Å². The van der Waals surface area contributed by atoms with Crippen LogP contribution in [0.15, 0.2) is 30.3 Å². The number of carbonyl (C=O) groups excluding carboxylic acids is 2. The van der Waals surface area contributed by atoms with Crippen LogP contribution < -0.4 is 10.4 Å². The van der Waals surface area contributed by atoms with Crippen LogP contribution in [0.3, 0.4) is 0 Å². The topological polar surface area (TPSA) is 98.7 Å². The van der Waals surface area contributed by atoms with Crippen LogP contribution in [0.5, 0.6) is 0 Å². The molecule has 1 aromatic rings. The number of nitrogens with one attached hydrogen (secondary N) is 1. The van der Waals surface area contributed by atoms with Crippen molar-refractivity contribution in [3.05, 3.63) is 35.9 Å². The number of aliphatic carboxylic acids is 1. The SMILES string of the molecule is O=C(N[C@H](O)C(=O)[O-])OCc1ccccc1. The fourth-order valence-corrected chi connectivity index (χ4v) is 0.935. The van der Waals surface area contributed by atoms with E-state index in [0.29, 0.717) is 0 Å². The van der Waals surface area contributed by atoms with Crippen molar-refractivity contribution in [2.45, 2.75) is 12.8 Å². The van der Waals surface area contributed by atoms with E-state index >= 15 is 0 Å². The molecule has 1 atom stereocenters. The molecule has 0 radical (unpaired) electrons. The number of hydrogen-bond acceptors (Lipinski definition) is 5. The van der Waals surface area contributed by atoms with Gasteiger partial charge in [-0.2, -0.15) is 0 Å². The summed E-state index contributed by atoms with van der Waals surface area (Å²) in [4.78, 5) is 21.0. The number of rotatable bonds is 4. The standard InChI is InChI=1S/C10H11NO5/c12-8(9(13)14)11-10(15)16-6-7-4-2-1-3-5-7/h1-5,8,12H,6H2,(H,11,15)(H,13,14)/p-1/t8-/m1/s1. The lowest BCUT2D eigenvalue weighted by Crippen LogP contribution is -2.47. The second-order valence-corrected chi connectivity index (χ2v) is 2.93. The van der Waals surface area contributed by atoms with E-state index in [2.05, 4.69) is 4.74 Å². The summed E-state index contributed by atoms with van der Waals surface area (Å²) < 4.78 is 4.65. The van der Waals surface area contributed by atoms with Gasteiger partial charge in [0.1, 0.15) is 6.61 Å². The molecule has 0 saturated heterocycles. The van der Waals surface area contributed by atoms with Gasteiger partial charge in [0.05, 0.1) is 5.97 Å². The van der Waals surface area contributed by atoms with Crippen molar-refractivity contribution >= 4 is 12.1 Å². The smallest absolute Gasteiger partial charge is 0.409 e. The van der Waals surface area contributed by atoms with Crippen LogP contribution in [-0.4, -0.2) is 23.4 Å². The van der Waals surface area contributed by atoms with E-state index in [0.717, 1.165) is 5.56 Å². The van der Waals surface area contributed by atoms with Gasteiger partial charge in [0, 0.05) is 0 Å². The Labute approximate surface area is 91.5 Å². The molecule has 0 saturated carbocycles. The first-order valence-electron chi connectivity index (χ1n) is 4.45. The molecular formula is C10H10NO5-. The van der Waals surface area contributed by atoms with Crippen molar-refractivity contribution < 1.29 is 24.5 Å². The molecule has 0 aromatic heterocycles. The van der Waals surface area contributed by atoms with Crippen molar-refractivity contribution in [2.75, 3.05) is 0 Å². The molecular weight excluding hydrogens is 214 g/mol. The average molecular weight is 224 g/mol. The van der Waals surface area contributed by atoms with Gasteiger partial charge in [-0.3, -0.25) is 5.32 Å². The van der Waals surface area contributed by atoms with Gasteiger partial charge < -0.3 is 19.7 Å². The Kier molecular flexibility index (Phi) is 4.28. The number of hydrogen-bond donors (Lipinski definition) is 2. The first kappa shape index (κ1) is 12.0. The summed E-state index contributed by atoms with van der Waals surface area (Å²) >= 11 is 0. The lowest BCUT2D eigenvalue weighted by molar-refractivity contribution is -0.316. The number of carboxylic acids is 1. The molecule has 2 N–H and O–H groups in total. The van der Waals surface area contributed by atoms with Crippen LogP contribution in [-0.2, 0) is 16.1 Å². The minimum Gasteiger partial charge on any atom is -0.545 e. The van der Waals surface area contributed by atoms with E-state index in [-0.39, 0.29) is 6.61 Å².